The molecule has 0 aliphatic heterocycles. The summed E-state index contributed by atoms with van der Waals surface area (Å²) in [6.07, 6.45) is -10.1. The molecule has 138 valence electrons. The van der Waals surface area contributed by atoms with E-state index in [0.29, 0.717) is 5.56 Å². The van der Waals surface area contributed by atoms with Crippen LogP contribution in [0.15, 0.2) is 48.5 Å². The third-order valence-electron chi connectivity index (χ3n) is 3.85. The predicted molar refractivity (Wildman–Crippen MR) is 83.4 cm³/mol. The number of pyridine rings is 2. The molecule has 0 unspecified atom stereocenters. The Morgan fingerprint density at radius 1 is 0.852 bits per heavy atom. The van der Waals surface area contributed by atoms with Gasteiger partial charge in [-0.25, -0.2) is 9.97 Å². The van der Waals surface area contributed by atoms with Crippen molar-refractivity contribution in [1.29, 1.82) is 5.26 Å². The molecule has 3 rings (SSSR count). The molecule has 0 aliphatic carbocycles. The summed E-state index contributed by atoms with van der Waals surface area (Å²) in [5.41, 5.74) is -3.37. The lowest BCUT2D eigenvalue weighted by molar-refractivity contribution is -0.144. The molecule has 2 heterocycles. The first-order chi connectivity index (χ1) is 12.6. The molecule has 0 fully saturated rings. The van der Waals surface area contributed by atoms with Gasteiger partial charge in [-0.3, -0.25) is 0 Å². The van der Waals surface area contributed by atoms with Crippen LogP contribution in [-0.2, 0) is 12.4 Å². The molecular weight excluding hydrogens is 372 g/mol. The summed E-state index contributed by atoms with van der Waals surface area (Å²) in [5, 5.41) is 8.84. The van der Waals surface area contributed by atoms with Gasteiger partial charge >= 0.3 is 12.4 Å². The highest BCUT2D eigenvalue weighted by Gasteiger charge is 2.39. The van der Waals surface area contributed by atoms with Crippen molar-refractivity contribution in [1.82, 2.24) is 9.97 Å². The van der Waals surface area contributed by atoms with Crippen molar-refractivity contribution in [3.63, 3.8) is 0 Å². The lowest BCUT2D eigenvalue weighted by atomic mass is 9.96. The number of hydrogen-bond acceptors (Lipinski definition) is 3. The van der Waals surface area contributed by atoms with Crippen LogP contribution in [0.2, 0.25) is 0 Å². The Hall–Kier alpha value is -3.15. The maximum atomic E-state index is 13.2. The first-order valence-electron chi connectivity index (χ1n) is 7.52. The minimum atomic E-state index is -5.07. The van der Waals surface area contributed by atoms with Crippen LogP contribution in [-0.4, -0.2) is 9.97 Å². The van der Waals surface area contributed by atoms with E-state index in [2.05, 4.69) is 9.97 Å². The molecule has 2 aromatic heterocycles. The number of benzene rings is 1. The Morgan fingerprint density at radius 2 is 1.52 bits per heavy atom. The van der Waals surface area contributed by atoms with E-state index in [1.54, 1.807) is 30.3 Å². The number of nitrogens with zero attached hydrogens (tertiary/aromatic N) is 3. The van der Waals surface area contributed by atoms with Gasteiger partial charge in [-0.15, -0.1) is 0 Å². The molecule has 0 amide bonds. The van der Waals surface area contributed by atoms with Crippen molar-refractivity contribution in [2.45, 2.75) is 18.3 Å². The maximum absolute atomic E-state index is 13.2. The highest BCUT2D eigenvalue weighted by molar-refractivity contribution is 5.80. The van der Waals surface area contributed by atoms with E-state index >= 15 is 0 Å². The molecule has 0 spiro atoms. The third-order valence-corrected chi connectivity index (χ3v) is 3.85. The summed E-state index contributed by atoms with van der Waals surface area (Å²) >= 11 is 0. The smallest absolute Gasteiger partial charge is 0.231 e. The van der Waals surface area contributed by atoms with Crippen LogP contribution < -0.4 is 0 Å². The summed E-state index contributed by atoms with van der Waals surface area (Å²) in [5.74, 6) is -0.957. The second-order valence-corrected chi connectivity index (χ2v) is 5.63. The van der Waals surface area contributed by atoms with Crippen LogP contribution in [0.1, 0.15) is 28.4 Å². The molecule has 1 atom stereocenters. The van der Waals surface area contributed by atoms with E-state index < -0.39 is 40.6 Å². The summed E-state index contributed by atoms with van der Waals surface area (Å²) in [7, 11) is 0. The van der Waals surface area contributed by atoms with E-state index in [0.717, 1.165) is 6.07 Å². The molecule has 0 bridgehead atoms. The van der Waals surface area contributed by atoms with Gasteiger partial charge in [0.25, 0.3) is 0 Å². The molecule has 0 N–H and O–H groups in total. The van der Waals surface area contributed by atoms with E-state index in [-0.39, 0.29) is 11.8 Å². The molecule has 3 aromatic rings. The van der Waals surface area contributed by atoms with E-state index in [4.69, 9.17) is 0 Å². The van der Waals surface area contributed by atoms with Crippen molar-refractivity contribution >= 4 is 11.0 Å². The summed E-state index contributed by atoms with van der Waals surface area (Å²) in [6, 6.07) is 12.3. The molecule has 0 radical (unpaired) electrons. The van der Waals surface area contributed by atoms with Crippen LogP contribution in [0, 0.1) is 11.3 Å². The predicted octanol–water partition coefficient (Wildman–Crippen LogP) is 5.32. The SMILES string of the molecule is N#C[C@H](c1ccccc1)c1ccc2c(C(F)(F)F)cc(C(F)(F)F)nc2n1. The number of fused-ring (bicyclic) bond motifs is 1. The normalized spacial score (nSPS) is 13.4. The van der Waals surface area contributed by atoms with Crippen molar-refractivity contribution < 1.29 is 26.3 Å². The molecule has 27 heavy (non-hydrogen) atoms. The van der Waals surface area contributed by atoms with Gasteiger partial charge in [-0.1, -0.05) is 30.3 Å². The van der Waals surface area contributed by atoms with Crippen molar-refractivity contribution in [2.75, 3.05) is 0 Å². The second kappa shape index (κ2) is 6.54. The molecule has 1 aromatic carbocycles. The Kier molecular flexibility index (Phi) is 4.51. The largest absolute Gasteiger partial charge is 0.433 e. The minimum Gasteiger partial charge on any atom is -0.231 e. The Bertz CT molecular complexity index is 1020. The van der Waals surface area contributed by atoms with Gasteiger partial charge in [0.2, 0.25) is 0 Å². The lowest BCUT2D eigenvalue weighted by Gasteiger charge is -2.15. The fourth-order valence-corrected chi connectivity index (χ4v) is 2.62. The minimum absolute atomic E-state index is 0.0103. The van der Waals surface area contributed by atoms with Gasteiger partial charge in [0, 0.05) is 5.39 Å². The standard InChI is InChI=1S/C18H9F6N3/c19-17(20,21)13-8-15(18(22,23)24)27-16-11(13)6-7-14(26-16)12(9-25)10-4-2-1-3-5-10/h1-8,12H/t12-/m1/s1. The summed E-state index contributed by atoms with van der Waals surface area (Å²) < 4.78 is 78.5. The monoisotopic (exact) mass is 381 g/mol. The van der Waals surface area contributed by atoms with Crippen LogP contribution in [0.25, 0.3) is 11.0 Å². The Morgan fingerprint density at radius 3 is 2.07 bits per heavy atom. The van der Waals surface area contributed by atoms with Crippen LogP contribution in [0.5, 0.6) is 0 Å². The number of halogens is 6. The number of alkyl halides is 6. The molecule has 0 aliphatic rings. The molecular formula is C18H9F6N3. The zero-order chi connectivity index (χ0) is 19.8. The maximum Gasteiger partial charge on any atom is 0.433 e. The number of rotatable bonds is 2. The van der Waals surface area contributed by atoms with E-state index in [1.807, 2.05) is 6.07 Å². The highest BCUT2D eigenvalue weighted by Crippen LogP contribution is 2.38. The topological polar surface area (TPSA) is 49.6 Å². The first kappa shape index (κ1) is 18.6. The van der Waals surface area contributed by atoms with Crippen LogP contribution >= 0.6 is 0 Å². The number of aromatic nitrogens is 2. The highest BCUT2D eigenvalue weighted by atomic mass is 19.4. The number of hydrogen-bond donors (Lipinski definition) is 0. The van der Waals surface area contributed by atoms with Gasteiger partial charge in [0.05, 0.1) is 17.3 Å². The Balaban J connectivity index is 2.24. The van der Waals surface area contributed by atoms with E-state index in [1.165, 1.54) is 6.07 Å². The van der Waals surface area contributed by atoms with Crippen molar-refractivity contribution in [3.05, 3.63) is 71.0 Å². The number of nitriles is 1. The molecule has 0 saturated carbocycles. The fourth-order valence-electron chi connectivity index (χ4n) is 2.62. The van der Waals surface area contributed by atoms with Gasteiger partial charge in [-0.2, -0.15) is 31.6 Å². The van der Waals surface area contributed by atoms with Crippen LogP contribution in [0.3, 0.4) is 0 Å². The lowest BCUT2D eigenvalue weighted by Crippen LogP contribution is -2.14. The Labute approximate surface area is 148 Å². The molecule has 0 saturated heterocycles. The van der Waals surface area contributed by atoms with Crippen LogP contribution in [0.4, 0.5) is 26.3 Å². The van der Waals surface area contributed by atoms with Crippen molar-refractivity contribution in [3.8, 4) is 6.07 Å². The zero-order valence-corrected chi connectivity index (χ0v) is 13.3. The quantitative estimate of drug-likeness (QED) is 0.565. The third kappa shape index (κ3) is 3.69. The van der Waals surface area contributed by atoms with Gasteiger partial charge < -0.3 is 0 Å². The average molecular weight is 381 g/mol. The molecule has 3 nitrogen and oxygen atoms in total. The van der Waals surface area contributed by atoms with E-state index in [9.17, 15) is 31.6 Å². The van der Waals surface area contributed by atoms with Gasteiger partial charge in [0.15, 0.2) is 5.65 Å². The first-order valence-corrected chi connectivity index (χ1v) is 7.52. The summed E-state index contributed by atoms with van der Waals surface area (Å²) in [6.45, 7) is 0. The summed E-state index contributed by atoms with van der Waals surface area (Å²) in [4.78, 5) is 7.08. The van der Waals surface area contributed by atoms with Crippen molar-refractivity contribution in [2.24, 2.45) is 0 Å². The van der Waals surface area contributed by atoms with Gasteiger partial charge in [-0.05, 0) is 23.8 Å². The fraction of sp³-hybridized carbons (Fsp3) is 0.167. The van der Waals surface area contributed by atoms with Gasteiger partial charge in [0.1, 0.15) is 11.6 Å². The average Bonchev–Trinajstić information content (AvgIpc) is 2.60. The second-order valence-electron chi connectivity index (χ2n) is 5.63. The zero-order valence-electron chi connectivity index (χ0n) is 13.3. The molecule has 9 heteroatoms.